The molecule has 0 aliphatic heterocycles. The fraction of sp³-hybridized carbons (Fsp3) is 0.308. The first-order chi connectivity index (χ1) is 8.61. The molecule has 2 rings (SSSR count). The van der Waals surface area contributed by atoms with Crippen LogP contribution in [0.5, 0.6) is 0 Å². The van der Waals surface area contributed by atoms with Gasteiger partial charge in [-0.2, -0.15) is 0 Å². The Bertz CT molecular complexity index is 539. The molecule has 0 radical (unpaired) electrons. The van der Waals surface area contributed by atoms with Gasteiger partial charge in [0.1, 0.15) is 11.6 Å². The second-order valence-corrected chi connectivity index (χ2v) is 4.58. The van der Waals surface area contributed by atoms with E-state index in [1.165, 1.54) is 6.07 Å². The van der Waals surface area contributed by atoms with Crippen molar-refractivity contribution in [3.8, 4) is 0 Å². The van der Waals surface area contributed by atoms with E-state index < -0.39 is 5.82 Å². The summed E-state index contributed by atoms with van der Waals surface area (Å²) in [6.07, 6.45) is 4.39. The highest BCUT2D eigenvalue weighted by Crippen LogP contribution is 2.22. The van der Waals surface area contributed by atoms with Crippen molar-refractivity contribution >= 4 is 11.6 Å². The summed E-state index contributed by atoms with van der Waals surface area (Å²) in [6, 6.07) is 4.84. The average molecular weight is 268 g/mol. The molecule has 0 aliphatic carbocycles. The van der Waals surface area contributed by atoms with Crippen LogP contribution in [0.2, 0.25) is 5.02 Å². The lowest BCUT2D eigenvalue weighted by molar-refractivity contribution is 0.560. The maximum absolute atomic E-state index is 13.1. The summed E-state index contributed by atoms with van der Waals surface area (Å²) in [5.41, 5.74) is 0.951. The number of nitrogens with one attached hydrogen (secondary N) is 1. The van der Waals surface area contributed by atoms with Crippen molar-refractivity contribution in [2.45, 2.75) is 12.5 Å². The minimum atomic E-state index is -0.396. The normalized spacial score (nSPS) is 12.7. The quantitative estimate of drug-likeness (QED) is 0.923. The summed E-state index contributed by atoms with van der Waals surface area (Å²) in [7, 11) is 3.82. The number of rotatable bonds is 4. The zero-order valence-electron chi connectivity index (χ0n) is 10.3. The SMILES string of the molecule is CNC(Cc1nccn1C)c1ccc(F)c(Cl)c1. The summed E-state index contributed by atoms with van der Waals surface area (Å²) < 4.78 is 15.1. The van der Waals surface area contributed by atoms with E-state index in [1.54, 1.807) is 18.3 Å². The van der Waals surface area contributed by atoms with Crippen molar-refractivity contribution in [3.05, 3.63) is 52.8 Å². The predicted octanol–water partition coefficient (Wildman–Crippen LogP) is 2.72. The van der Waals surface area contributed by atoms with Gasteiger partial charge in [0, 0.05) is 31.9 Å². The molecule has 1 aromatic heterocycles. The van der Waals surface area contributed by atoms with Crippen LogP contribution in [0.4, 0.5) is 4.39 Å². The van der Waals surface area contributed by atoms with Crippen LogP contribution in [0.1, 0.15) is 17.4 Å². The van der Waals surface area contributed by atoms with Crippen molar-refractivity contribution in [1.82, 2.24) is 14.9 Å². The lowest BCUT2D eigenvalue weighted by atomic mass is 10.0. The summed E-state index contributed by atoms with van der Waals surface area (Å²) in [6.45, 7) is 0. The maximum Gasteiger partial charge on any atom is 0.141 e. The Morgan fingerprint density at radius 2 is 2.28 bits per heavy atom. The molecule has 18 heavy (non-hydrogen) atoms. The Labute approximate surface area is 111 Å². The van der Waals surface area contributed by atoms with Gasteiger partial charge in [-0.05, 0) is 24.7 Å². The molecule has 0 bridgehead atoms. The van der Waals surface area contributed by atoms with Gasteiger partial charge in [-0.25, -0.2) is 9.37 Å². The van der Waals surface area contributed by atoms with Crippen molar-refractivity contribution in [2.24, 2.45) is 7.05 Å². The monoisotopic (exact) mass is 267 g/mol. The number of hydrogen-bond donors (Lipinski definition) is 1. The molecule has 3 nitrogen and oxygen atoms in total. The standard InChI is InChI=1S/C13H15ClFN3/c1-16-12(8-13-17-5-6-18(13)2)9-3-4-11(15)10(14)7-9/h3-7,12,16H,8H2,1-2H3. The maximum atomic E-state index is 13.1. The molecule has 1 atom stereocenters. The second kappa shape index (κ2) is 5.50. The molecule has 0 spiro atoms. The third-order valence-electron chi connectivity index (χ3n) is 3.00. The van der Waals surface area contributed by atoms with E-state index in [9.17, 15) is 4.39 Å². The van der Waals surface area contributed by atoms with E-state index in [1.807, 2.05) is 24.9 Å². The van der Waals surface area contributed by atoms with Crippen molar-refractivity contribution in [2.75, 3.05) is 7.05 Å². The minimum absolute atomic E-state index is 0.0594. The average Bonchev–Trinajstić information content (AvgIpc) is 2.75. The third-order valence-corrected chi connectivity index (χ3v) is 3.29. The van der Waals surface area contributed by atoms with Crippen LogP contribution in [0.3, 0.4) is 0 Å². The van der Waals surface area contributed by atoms with Gasteiger partial charge in [-0.3, -0.25) is 0 Å². The van der Waals surface area contributed by atoms with Crippen LogP contribution in [-0.2, 0) is 13.5 Å². The number of hydrogen-bond acceptors (Lipinski definition) is 2. The van der Waals surface area contributed by atoms with Crippen molar-refractivity contribution < 1.29 is 4.39 Å². The van der Waals surface area contributed by atoms with Gasteiger partial charge in [0.2, 0.25) is 0 Å². The molecule has 0 fully saturated rings. The van der Waals surface area contributed by atoms with Gasteiger partial charge in [-0.15, -0.1) is 0 Å². The third kappa shape index (κ3) is 2.71. The zero-order chi connectivity index (χ0) is 13.1. The van der Waals surface area contributed by atoms with E-state index in [0.717, 1.165) is 17.8 Å². The topological polar surface area (TPSA) is 29.9 Å². The first-order valence-corrected chi connectivity index (χ1v) is 6.08. The van der Waals surface area contributed by atoms with Crippen LogP contribution >= 0.6 is 11.6 Å². The van der Waals surface area contributed by atoms with Gasteiger partial charge in [0.15, 0.2) is 0 Å². The predicted molar refractivity (Wildman–Crippen MR) is 70.1 cm³/mol. The minimum Gasteiger partial charge on any atom is -0.338 e. The largest absolute Gasteiger partial charge is 0.338 e. The molecule has 2 aromatic rings. The van der Waals surface area contributed by atoms with Crippen molar-refractivity contribution in [3.63, 3.8) is 0 Å². The van der Waals surface area contributed by atoms with Crippen LogP contribution in [0.25, 0.3) is 0 Å². The fourth-order valence-corrected chi connectivity index (χ4v) is 2.08. The molecular weight excluding hydrogens is 253 g/mol. The summed E-state index contributed by atoms with van der Waals surface area (Å²) in [4.78, 5) is 4.28. The fourth-order valence-electron chi connectivity index (χ4n) is 1.89. The number of benzene rings is 1. The lowest BCUT2D eigenvalue weighted by Crippen LogP contribution is -2.20. The van der Waals surface area contributed by atoms with Crippen LogP contribution in [0.15, 0.2) is 30.6 Å². The molecule has 1 unspecified atom stereocenters. The van der Waals surface area contributed by atoms with Gasteiger partial charge in [0.25, 0.3) is 0 Å². The molecular formula is C13H15ClFN3. The highest BCUT2D eigenvalue weighted by Gasteiger charge is 2.14. The second-order valence-electron chi connectivity index (χ2n) is 4.17. The number of aromatic nitrogens is 2. The Morgan fingerprint density at radius 1 is 1.50 bits per heavy atom. The molecule has 5 heteroatoms. The van der Waals surface area contributed by atoms with E-state index in [2.05, 4.69) is 10.3 Å². The van der Waals surface area contributed by atoms with Crippen LogP contribution < -0.4 is 5.32 Å². The molecule has 1 aromatic carbocycles. The molecule has 96 valence electrons. The van der Waals surface area contributed by atoms with E-state index in [0.29, 0.717) is 0 Å². The number of nitrogens with zero attached hydrogens (tertiary/aromatic N) is 2. The number of imidazole rings is 1. The van der Waals surface area contributed by atoms with Crippen molar-refractivity contribution in [1.29, 1.82) is 0 Å². The Balaban J connectivity index is 2.23. The highest BCUT2D eigenvalue weighted by molar-refractivity contribution is 6.30. The smallest absolute Gasteiger partial charge is 0.141 e. The van der Waals surface area contributed by atoms with Gasteiger partial charge in [-0.1, -0.05) is 17.7 Å². The van der Waals surface area contributed by atoms with E-state index >= 15 is 0 Å². The summed E-state index contributed by atoms with van der Waals surface area (Å²) in [5, 5.41) is 3.34. The summed E-state index contributed by atoms with van der Waals surface area (Å²) >= 11 is 5.80. The zero-order valence-corrected chi connectivity index (χ0v) is 11.1. The number of aryl methyl sites for hydroxylation is 1. The molecule has 1 heterocycles. The van der Waals surface area contributed by atoms with E-state index in [-0.39, 0.29) is 11.1 Å². The van der Waals surface area contributed by atoms with Gasteiger partial charge in [0.05, 0.1) is 5.02 Å². The number of halogens is 2. The van der Waals surface area contributed by atoms with E-state index in [4.69, 9.17) is 11.6 Å². The Kier molecular flexibility index (Phi) is 3.99. The molecule has 0 saturated heterocycles. The van der Waals surface area contributed by atoms with Gasteiger partial charge < -0.3 is 9.88 Å². The Hall–Kier alpha value is -1.39. The Morgan fingerprint density at radius 3 is 2.83 bits per heavy atom. The molecule has 0 saturated carbocycles. The number of likely N-dealkylation sites (N-methyl/N-ethyl adjacent to an activating group) is 1. The first kappa shape index (κ1) is 13.1. The molecule has 0 aliphatic rings. The van der Waals surface area contributed by atoms with Crippen LogP contribution in [0, 0.1) is 5.82 Å². The molecule has 1 N–H and O–H groups in total. The first-order valence-electron chi connectivity index (χ1n) is 5.70. The van der Waals surface area contributed by atoms with Crippen LogP contribution in [-0.4, -0.2) is 16.6 Å². The molecule has 0 amide bonds. The summed E-state index contributed by atoms with van der Waals surface area (Å²) in [5.74, 6) is 0.571. The highest BCUT2D eigenvalue weighted by atomic mass is 35.5. The van der Waals surface area contributed by atoms with Gasteiger partial charge >= 0.3 is 0 Å². The lowest BCUT2D eigenvalue weighted by Gasteiger charge is -2.16.